The zero-order valence-corrected chi connectivity index (χ0v) is 21.2. The van der Waals surface area contributed by atoms with Crippen LogP contribution in [0.4, 0.5) is 0 Å². The van der Waals surface area contributed by atoms with Crippen LogP contribution in [0.2, 0.25) is 0 Å². The van der Waals surface area contributed by atoms with Crippen LogP contribution in [0.5, 0.6) is 17.2 Å². The summed E-state index contributed by atoms with van der Waals surface area (Å²) in [5.74, 6) is 1.91. The van der Waals surface area contributed by atoms with E-state index < -0.39 is 5.97 Å². The van der Waals surface area contributed by atoms with Gasteiger partial charge < -0.3 is 19.3 Å². The number of aryl methyl sites for hydroxylation is 1. The van der Waals surface area contributed by atoms with Gasteiger partial charge in [0.1, 0.15) is 22.3 Å². The Hall–Kier alpha value is -3.49. The summed E-state index contributed by atoms with van der Waals surface area (Å²) in [4.78, 5) is 17.9. The lowest BCUT2D eigenvalue weighted by Gasteiger charge is -2.08. The Kier molecular flexibility index (Phi) is 7.94. The van der Waals surface area contributed by atoms with Crippen molar-refractivity contribution in [2.45, 2.75) is 17.6 Å². The fourth-order valence-corrected chi connectivity index (χ4v) is 5.55. The van der Waals surface area contributed by atoms with Gasteiger partial charge >= 0.3 is 5.97 Å². The summed E-state index contributed by atoms with van der Waals surface area (Å²) >= 11 is 3.36. The van der Waals surface area contributed by atoms with Crippen LogP contribution in [-0.2, 0) is 10.5 Å². The largest absolute Gasteiger partial charge is 0.497 e. The first-order chi connectivity index (χ1) is 17.0. The fourth-order valence-electron chi connectivity index (χ4n) is 3.47. The van der Waals surface area contributed by atoms with Gasteiger partial charge in [-0.1, -0.05) is 0 Å². The SMILES string of the molecule is COc1ccc(-c2nc(CSc3ccc(OCC(=O)O)c(C)c3)sc2-c2ccc(OC)cc2)cc1. The van der Waals surface area contributed by atoms with Gasteiger partial charge in [0, 0.05) is 10.5 Å². The summed E-state index contributed by atoms with van der Waals surface area (Å²) in [5, 5.41) is 9.83. The molecule has 0 radical (unpaired) electrons. The van der Waals surface area contributed by atoms with Crippen LogP contribution in [-0.4, -0.2) is 36.9 Å². The molecule has 3 aromatic carbocycles. The van der Waals surface area contributed by atoms with E-state index >= 15 is 0 Å². The van der Waals surface area contributed by atoms with E-state index in [9.17, 15) is 4.79 Å². The Labute approximate surface area is 212 Å². The lowest BCUT2D eigenvalue weighted by atomic mass is 10.1. The molecule has 4 rings (SSSR count). The highest BCUT2D eigenvalue weighted by molar-refractivity contribution is 7.98. The number of thiazole rings is 1. The van der Waals surface area contributed by atoms with E-state index in [1.807, 2.05) is 61.5 Å². The van der Waals surface area contributed by atoms with Crippen molar-refractivity contribution >= 4 is 29.1 Å². The number of thioether (sulfide) groups is 1. The maximum absolute atomic E-state index is 10.8. The van der Waals surface area contributed by atoms with Crippen LogP contribution >= 0.6 is 23.1 Å². The number of hydrogen-bond donors (Lipinski definition) is 1. The second-order valence-corrected chi connectivity index (χ2v) is 9.77. The van der Waals surface area contributed by atoms with Crippen LogP contribution in [0.1, 0.15) is 10.6 Å². The average molecular weight is 508 g/mol. The van der Waals surface area contributed by atoms with Gasteiger partial charge in [0.15, 0.2) is 6.61 Å². The summed E-state index contributed by atoms with van der Waals surface area (Å²) in [6.45, 7) is 1.56. The Morgan fingerprint density at radius 2 is 1.57 bits per heavy atom. The topological polar surface area (TPSA) is 77.9 Å². The van der Waals surface area contributed by atoms with E-state index in [-0.39, 0.29) is 6.61 Å². The molecule has 0 unspecified atom stereocenters. The van der Waals surface area contributed by atoms with Gasteiger partial charge in [-0.25, -0.2) is 9.78 Å². The maximum Gasteiger partial charge on any atom is 0.341 e. The number of ether oxygens (including phenoxy) is 3. The summed E-state index contributed by atoms with van der Waals surface area (Å²) in [5.41, 5.74) is 3.95. The number of methoxy groups -OCH3 is 2. The normalized spacial score (nSPS) is 10.7. The van der Waals surface area contributed by atoms with E-state index in [2.05, 4.69) is 12.1 Å². The molecule has 180 valence electrons. The highest BCUT2D eigenvalue weighted by Crippen LogP contribution is 2.40. The van der Waals surface area contributed by atoms with E-state index in [0.717, 1.165) is 48.7 Å². The lowest BCUT2D eigenvalue weighted by molar-refractivity contribution is -0.139. The fraction of sp³-hybridized carbons (Fsp3) is 0.185. The zero-order valence-electron chi connectivity index (χ0n) is 19.6. The van der Waals surface area contributed by atoms with E-state index in [1.165, 1.54) is 0 Å². The van der Waals surface area contributed by atoms with Gasteiger partial charge in [-0.3, -0.25) is 0 Å². The summed E-state index contributed by atoms with van der Waals surface area (Å²) in [6.07, 6.45) is 0. The van der Waals surface area contributed by atoms with Crippen LogP contribution < -0.4 is 14.2 Å². The molecular weight excluding hydrogens is 482 g/mol. The van der Waals surface area contributed by atoms with Crippen molar-refractivity contribution in [3.8, 4) is 38.9 Å². The highest BCUT2D eigenvalue weighted by Gasteiger charge is 2.16. The molecule has 0 aliphatic heterocycles. The van der Waals surface area contributed by atoms with Crippen LogP contribution in [0.3, 0.4) is 0 Å². The molecule has 1 N–H and O–H groups in total. The van der Waals surface area contributed by atoms with Crippen molar-refractivity contribution in [1.29, 1.82) is 0 Å². The molecule has 1 heterocycles. The monoisotopic (exact) mass is 507 g/mol. The van der Waals surface area contributed by atoms with Crippen molar-refractivity contribution in [3.63, 3.8) is 0 Å². The molecule has 0 atom stereocenters. The van der Waals surface area contributed by atoms with Crippen LogP contribution in [0.15, 0.2) is 71.6 Å². The van der Waals surface area contributed by atoms with Gasteiger partial charge in [0.2, 0.25) is 0 Å². The molecule has 0 aliphatic carbocycles. The first-order valence-corrected chi connectivity index (χ1v) is 12.6. The third-order valence-electron chi connectivity index (χ3n) is 5.25. The number of nitrogens with zero attached hydrogens (tertiary/aromatic N) is 1. The third-order valence-corrected chi connectivity index (χ3v) is 7.54. The van der Waals surface area contributed by atoms with Crippen molar-refractivity contribution in [2.75, 3.05) is 20.8 Å². The van der Waals surface area contributed by atoms with Gasteiger partial charge in [-0.2, -0.15) is 0 Å². The van der Waals surface area contributed by atoms with E-state index in [4.69, 9.17) is 24.3 Å². The predicted octanol–water partition coefficient (Wildman–Crippen LogP) is 6.56. The second kappa shape index (κ2) is 11.3. The lowest BCUT2D eigenvalue weighted by Crippen LogP contribution is -2.09. The average Bonchev–Trinajstić information content (AvgIpc) is 3.31. The summed E-state index contributed by atoms with van der Waals surface area (Å²) in [7, 11) is 3.31. The first-order valence-electron chi connectivity index (χ1n) is 10.8. The number of carboxylic acid groups (broad SMARTS) is 1. The Morgan fingerprint density at radius 1 is 0.943 bits per heavy atom. The van der Waals surface area contributed by atoms with Gasteiger partial charge in [-0.05, 0) is 84.8 Å². The number of carboxylic acids is 1. The van der Waals surface area contributed by atoms with E-state index in [0.29, 0.717) is 11.5 Å². The molecule has 1 aromatic heterocycles. The summed E-state index contributed by atoms with van der Waals surface area (Å²) in [6, 6.07) is 21.7. The highest BCUT2D eigenvalue weighted by atomic mass is 32.2. The van der Waals surface area contributed by atoms with Crippen molar-refractivity contribution in [1.82, 2.24) is 4.98 Å². The molecule has 6 nitrogen and oxygen atoms in total. The number of aliphatic carboxylic acids is 1. The first kappa shape index (κ1) is 24.6. The second-order valence-electron chi connectivity index (χ2n) is 7.64. The molecule has 0 amide bonds. The number of benzene rings is 3. The van der Waals surface area contributed by atoms with Gasteiger partial charge in [-0.15, -0.1) is 23.1 Å². The predicted molar refractivity (Wildman–Crippen MR) is 140 cm³/mol. The van der Waals surface area contributed by atoms with Crippen LogP contribution in [0, 0.1) is 6.92 Å². The number of hydrogen-bond acceptors (Lipinski definition) is 7. The minimum atomic E-state index is -0.994. The molecule has 4 aromatic rings. The van der Waals surface area contributed by atoms with Crippen molar-refractivity contribution in [3.05, 3.63) is 77.3 Å². The molecule has 0 fully saturated rings. The standard InChI is InChI=1S/C27H25NO5S2/c1-17-14-22(12-13-23(17)33-15-25(29)30)34-16-24-28-26(18-4-8-20(31-2)9-5-18)27(35-24)19-6-10-21(32-3)11-7-19/h4-14H,15-16H2,1-3H3,(H,29,30). The number of rotatable bonds is 10. The molecule has 0 bridgehead atoms. The molecule has 8 heteroatoms. The van der Waals surface area contributed by atoms with Gasteiger partial charge in [0.25, 0.3) is 0 Å². The minimum absolute atomic E-state index is 0.352. The Bertz CT molecular complexity index is 1240. The van der Waals surface area contributed by atoms with Crippen LogP contribution in [0.25, 0.3) is 21.7 Å². The zero-order chi connectivity index (χ0) is 24.8. The number of carbonyl (C=O) groups is 1. The molecule has 0 saturated heterocycles. The van der Waals surface area contributed by atoms with Gasteiger partial charge in [0.05, 0.1) is 30.5 Å². The Morgan fingerprint density at radius 3 is 2.14 bits per heavy atom. The number of aromatic nitrogens is 1. The molecule has 0 spiro atoms. The Balaban J connectivity index is 1.58. The minimum Gasteiger partial charge on any atom is -0.497 e. The summed E-state index contributed by atoms with van der Waals surface area (Å²) < 4.78 is 16.0. The maximum atomic E-state index is 10.8. The third kappa shape index (κ3) is 6.15. The quantitative estimate of drug-likeness (QED) is 0.244. The van der Waals surface area contributed by atoms with Crippen molar-refractivity contribution < 1.29 is 24.1 Å². The molecule has 0 saturated carbocycles. The molecular formula is C27H25NO5S2. The van der Waals surface area contributed by atoms with E-state index in [1.54, 1.807) is 37.3 Å². The van der Waals surface area contributed by atoms with Crippen molar-refractivity contribution in [2.24, 2.45) is 0 Å². The smallest absolute Gasteiger partial charge is 0.341 e. The molecule has 0 aliphatic rings. The molecule has 35 heavy (non-hydrogen) atoms.